The molecular weight excluding hydrogens is 228 g/mol. The van der Waals surface area contributed by atoms with Gasteiger partial charge in [-0.05, 0) is 54.0 Å². The fourth-order valence-corrected chi connectivity index (χ4v) is 2.60. The molecule has 1 atom stereocenters. The van der Waals surface area contributed by atoms with E-state index in [4.69, 9.17) is 0 Å². The van der Waals surface area contributed by atoms with Crippen molar-refractivity contribution in [2.75, 3.05) is 0 Å². The minimum atomic E-state index is 0.629. The first-order valence-electron chi connectivity index (χ1n) is 7.58. The van der Waals surface area contributed by atoms with Gasteiger partial charge >= 0.3 is 0 Å². The van der Waals surface area contributed by atoms with Crippen molar-refractivity contribution in [2.24, 2.45) is 0 Å². The van der Waals surface area contributed by atoms with Gasteiger partial charge in [0.25, 0.3) is 0 Å². The molecule has 1 aromatic rings. The van der Waals surface area contributed by atoms with Gasteiger partial charge in [0.15, 0.2) is 0 Å². The molecule has 1 aromatic carbocycles. The average molecular weight is 256 g/mol. The lowest BCUT2D eigenvalue weighted by atomic mass is 9.89. The zero-order valence-corrected chi connectivity index (χ0v) is 13.0. The number of hydrogen-bond acceptors (Lipinski definition) is 0. The Morgan fingerprint density at radius 1 is 1.26 bits per heavy atom. The summed E-state index contributed by atoms with van der Waals surface area (Å²) in [7, 11) is 0. The normalized spacial score (nSPS) is 12.8. The number of allylic oxidation sites excluding steroid dienone is 2. The van der Waals surface area contributed by atoms with E-state index in [1.807, 2.05) is 0 Å². The monoisotopic (exact) mass is 256 g/mol. The van der Waals surface area contributed by atoms with Crippen molar-refractivity contribution in [1.29, 1.82) is 0 Å². The van der Waals surface area contributed by atoms with Crippen molar-refractivity contribution in [3.8, 4) is 0 Å². The first kappa shape index (κ1) is 15.8. The Labute approximate surface area is 119 Å². The molecule has 0 fully saturated rings. The standard InChI is InChI=1S/C19H28/c1-6-9-15(4)17-12-13-19(16(5)10-7-2)18(14-17)11-8-3/h8,11-14,16H,4,6-7,9-10H2,1-3,5H3/b11-8-. The maximum Gasteiger partial charge on any atom is -0.0185 e. The van der Waals surface area contributed by atoms with Gasteiger partial charge in [0.2, 0.25) is 0 Å². The van der Waals surface area contributed by atoms with Crippen LogP contribution in [0.25, 0.3) is 11.6 Å². The predicted octanol–water partition coefficient (Wildman–Crippen LogP) is 6.44. The second kappa shape index (κ2) is 7.99. The van der Waals surface area contributed by atoms with E-state index in [-0.39, 0.29) is 0 Å². The molecule has 0 saturated carbocycles. The van der Waals surface area contributed by atoms with Gasteiger partial charge in [0, 0.05) is 0 Å². The van der Waals surface area contributed by atoms with Crippen LogP contribution in [0.2, 0.25) is 0 Å². The van der Waals surface area contributed by atoms with Gasteiger partial charge in [-0.25, -0.2) is 0 Å². The summed E-state index contributed by atoms with van der Waals surface area (Å²) in [6, 6.07) is 6.85. The Bertz CT molecular complexity index is 437. The Kier molecular flexibility index (Phi) is 6.62. The number of rotatable bonds is 7. The highest BCUT2D eigenvalue weighted by Gasteiger charge is 2.10. The van der Waals surface area contributed by atoms with E-state index in [2.05, 4.69) is 64.6 Å². The average Bonchev–Trinajstić information content (AvgIpc) is 2.39. The Hall–Kier alpha value is -1.30. The SMILES string of the molecule is C=C(CCC)c1ccc(C(C)CCC)c(/C=C\C)c1. The molecule has 104 valence electrons. The molecule has 0 aliphatic carbocycles. The second-order valence-electron chi connectivity index (χ2n) is 5.39. The van der Waals surface area contributed by atoms with E-state index >= 15 is 0 Å². The lowest BCUT2D eigenvalue weighted by Crippen LogP contribution is -1.97. The van der Waals surface area contributed by atoms with Gasteiger partial charge in [-0.2, -0.15) is 0 Å². The molecule has 0 aliphatic rings. The van der Waals surface area contributed by atoms with Crippen molar-refractivity contribution in [3.05, 3.63) is 47.5 Å². The van der Waals surface area contributed by atoms with Crippen LogP contribution in [0.5, 0.6) is 0 Å². The molecule has 0 saturated heterocycles. The lowest BCUT2D eigenvalue weighted by molar-refractivity contribution is 0.664. The van der Waals surface area contributed by atoms with Crippen LogP contribution in [0, 0.1) is 0 Å². The third kappa shape index (κ3) is 4.38. The van der Waals surface area contributed by atoms with E-state index in [1.165, 1.54) is 35.1 Å². The Morgan fingerprint density at radius 3 is 2.58 bits per heavy atom. The van der Waals surface area contributed by atoms with Crippen LogP contribution < -0.4 is 0 Å². The molecule has 1 rings (SSSR count). The maximum absolute atomic E-state index is 4.20. The van der Waals surface area contributed by atoms with Crippen molar-refractivity contribution in [1.82, 2.24) is 0 Å². The Morgan fingerprint density at radius 2 is 2.00 bits per heavy atom. The molecule has 0 aliphatic heterocycles. The van der Waals surface area contributed by atoms with E-state index in [0.29, 0.717) is 5.92 Å². The van der Waals surface area contributed by atoms with Crippen LogP contribution in [0.3, 0.4) is 0 Å². The lowest BCUT2D eigenvalue weighted by Gasteiger charge is -2.16. The molecule has 0 N–H and O–H groups in total. The van der Waals surface area contributed by atoms with Gasteiger partial charge in [0.05, 0.1) is 0 Å². The maximum atomic E-state index is 4.20. The van der Waals surface area contributed by atoms with Gasteiger partial charge in [-0.15, -0.1) is 0 Å². The van der Waals surface area contributed by atoms with E-state index in [0.717, 1.165) is 12.8 Å². The third-order valence-electron chi connectivity index (χ3n) is 3.65. The molecule has 0 spiro atoms. The number of benzene rings is 1. The van der Waals surface area contributed by atoms with Crippen molar-refractivity contribution < 1.29 is 0 Å². The summed E-state index contributed by atoms with van der Waals surface area (Å²) >= 11 is 0. The van der Waals surface area contributed by atoms with Gasteiger partial charge < -0.3 is 0 Å². The van der Waals surface area contributed by atoms with Crippen LogP contribution in [-0.2, 0) is 0 Å². The predicted molar refractivity (Wildman–Crippen MR) is 88.4 cm³/mol. The zero-order chi connectivity index (χ0) is 14.3. The molecule has 0 radical (unpaired) electrons. The van der Waals surface area contributed by atoms with Crippen LogP contribution in [0.4, 0.5) is 0 Å². The van der Waals surface area contributed by atoms with Gasteiger partial charge in [-0.3, -0.25) is 0 Å². The van der Waals surface area contributed by atoms with Crippen LogP contribution in [-0.4, -0.2) is 0 Å². The van der Waals surface area contributed by atoms with E-state index in [9.17, 15) is 0 Å². The summed E-state index contributed by atoms with van der Waals surface area (Å²) in [5.41, 5.74) is 5.37. The molecular formula is C19H28. The van der Waals surface area contributed by atoms with Crippen molar-refractivity contribution >= 4 is 11.6 Å². The van der Waals surface area contributed by atoms with Gasteiger partial charge in [-0.1, -0.05) is 64.5 Å². The molecule has 1 unspecified atom stereocenters. The third-order valence-corrected chi connectivity index (χ3v) is 3.65. The van der Waals surface area contributed by atoms with Crippen LogP contribution >= 0.6 is 0 Å². The molecule has 0 heteroatoms. The molecule has 0 aromatic heterocycles. The topological polar surface area (TPSA) is 0 Å². The van der Waals surface area contributed by atoms with Gasteiger partial charge in [0.1, 0.15) is 0 Å². The fourth-order valence-electron chi connectivity index (χ4n) is 2.60. The fraction of sp³-hybridized carbons (Fsp3) is 0.474. The van der Waals surface area contributed by atoms with Crippen LogP contribution in [0.15, 0.2) is 30.9 Å². The summed E-state index contributed by atoms with van der Waals surface area (Å²) in [4.78, 5) is 0. The molecule has 0 nitrogen and oxygen atoms in total. The van der Waals surface area contributed by atoms with Crippen molar-refractivity contribution in [2.45, 2.75) is 59.3 Å². The summed E-state index contributed by atoms with van der Waals surface area (Å²) < 4.78 is 0. The first-order chi connectivity index (χ1) is 9.13. The minimum absolute atomic E-state index is 0.629. The van der Waals surface area contributed by atoms with Crippen molar-refractivity contribution in [3.63, 3.8) is 0 Å². The summed E-state index contributed by atoms with van der Waals surface area (Å²) in [5, 5.41) is 0. The number of hydrogen-bond donors (Lipinski definition) is 0. The molecule has 0 heterocycles. The molecule has 0 bridgehead atoms. The molecule has 19 heavy (non-hydrogen) atoms. The van der Waals surface area contributed by atoms with E-state index < -0.39 is 0 Å². The largest absolute Gasteiger partial charge is 0.0952 e. The summed E-state index contributed by atoms with van der Waals surface area (Å²) in [6.07, 6.45) is 9.08. The highest BCUT2D eigenvalue weighted by Crippen LogP contribution is 2.29. The highest BCUT2D eigenvalue weighted by molar-refractivity contribution is 5.68. The summed E-state index contributed by atoms with van der Waals surface area (Å²) in [6.45, 7) is 13.1. The Balaban J connectivity index is 3.10. The minimum Gasteiger partial charge on any atom is -0.0952 e. The smallest absolute Gasteiger partial charge is 0.0185 e. The quantitative estimate of drug-likeness (QED) is 0.527. The zero-order valence-electron chi connectivity index (χ0n) is 13.0. The van der Waals surface area contributed by atoms with E-state index in [1.54, 1.807) is 0 Å². The molecule has 0 amide bonds. The first-order valence-corrected chi connectivity index (χ1v) is 7.58. The van der Waals surface area contributed by atoms with Crippen LogP contribution in [0.1, 0.15) is 76.0 Å². The highest BCUT2D eigenvalue weighted by atomic mass is 14.1. The summed E-state index contributed by atoms with van der Waals surface area (Å²) in [5.74, 6) is 0.629. The second-order valence-corrected chi connectivity index (χ2v) is 5.39.